The SMILES string of the molecule is O=C(Oc1c(F)c(F)cc(F)c1F)C12CC3CC(CC(C3)C1)C2. The van der Waals surface area contributed by atoms with E-state index in [1.54, 1.807) is 0 Å². The minimum Gasteiger partial charge on any atom is -0.420 e. The van der Waals surface area contributed by atoms with Crippen LogP contribution in [0.5, 0.6) is 5.75 Å². The van der Waals surface area contributed by atoms with Gasteiger partial charge in [-0.2, -0.15) is 8.78 Å². The Hall–Kier alpha value is -1.59. The van der Waals surface area contributed by atoms with E-state index in [0.29, 0.717) is 37.0 Å². The van der Waals surface area contributed by atoms with Crippen molar-refractivity contribution in [1.82, 2.24) is 0 Å². The van der Waals surface area contributed by atoms with Crippen molar-refractivity contribution in [3.8, 4) is 5.75 Å². The topological polar surface area (TPSA) is 26.3 Å². The lowest BCUT2D eigenvalue weighted by Crippen LogP contribution is -2.51. The summed E-state index contributed by atoms with van der Waals surface area (Å²) in [5, 5.41) is 0. The number of halogens is 4. The summed E-state index contributed by atoms with van der Waals surface area (Å²) in [6.45, 7) is 0. The molecule has 4 fully saturated rings. The molecule has 4 bridgehead atoms. The van der Waals surface area contributed by atoms with Crippen LogP contribution in [0.1, 0.15) is 38.5 Å². The Bertz CT molecular complexity index is 624. The van der Waals surface area contributed by atoms with E-state index in [1.165, 1.54) is 0 Å². The maximum absolute atomic E-state index is 13.7. The van der Waals surface area contributed by atoms with E-state index in [4.69, 9.17) is 4.74 Å². The van der Waals surface area contributed by atoms with Gasteiger partial charge in [-0.25, -0.2) is 8.78 Å². The number of carbonyl (C=O) groups is 1. The maximum Gasteiger partial charge on any atom is 0.317 e. The molecule has 0 atom stereocenters. The fourth-order valence-corrected chi connectivity index (χ4v) is 5.20. The molecule has 2 nitrogen and oxygen atoms in total. The molecule has 5 rings (SSSR count). The van der Waals surface area contributed by atoms with Crippen molar-refractivity contribution in [1.29, 1.82) is 0 Å². The fraction of sp³-hybridized carbons (Fsp3) is 0.588. The van der Waals surface area contributed by atoms with E-state index in [0.717, 1.165) is 19.3 Å². The first-order chi connectivity index (χ1) is 10.9. The lowest BCUT2D eigenvalue weighted by atomic mass is 9.49. The number of esters is 1. The Morgan fingerprint density at radius 3 is 1.78 bits per heavy atom. The highest BCUT2D eigenvalue weighted by Gasteiger charge is 2.55. The van der Waals surface area contributed by atoms with Gasteiger partial charge in [-0.15, -0.1) is 0 Å². The van der Waals surface area contributed by atoms with Crippen molar-refractivity contribution in [2.75, 3.05) is 0 Å². The number of hydrogen-bond donors (Lipinski definition) is 0. The molecular weight excluding hydrogens is 312 g/mol. The summed E-state index contributed by atoms with van der Waals surface area (Å²) in [5.41, 5.74) is -0.754. The predicted octanol–water partition coefficient (Wildman–Crippen LogP) is 4.36. The Labute approximate surface area is 130 Å². The van der Waals surface area contributed by atoms with Gasteiger partial charge in [0.2, 0.25) is 17.4 Å². The summed E-state index contributed by atoms with van der Waals surface area (Å²) in [6, 6.07) is 0.104. The van der Waals surface area contributed by atoms with E-state index in [9.17, 15) is 22.4 Å². The average molecular weight is 328 g/mol. The van der Waals surface area contributed by atoms with E-state index < -0.39 is 40.4 Å². The zero-order chi connectivity index (χ0) is 16.4. The third-order valence-corrected chi connectivity index (χ3v) is 5.74. The van der Waals surface area contributed by atoms with Crippen LogP contribution in [0.3, 0.4) is 0 Å². The van der Waals surface area contributed by atoms with Gasteiger partial charge in [-0.3, -0.25) is 4.79 Å². The Morgan fingerprint density at radius 1 is 0.913 bits per heavy atom. The van der Waals surface area contributed by atoms with Crippen LogP contribution in [-0.2, 0) is 4.79 Å². The summed E-state index contributed by atoms with van der Waals surface area (Å²) in [6.07, 6.45) is 5.17. The second kappa shape index (κ2) is 4.95. The smallest absolute Gasteiger partial charge is 0.317 e. The minimum atomic E-state index is -1.66. The molecule has 4 saturated carbocycles. The molecule has 6 heteroatoms. The van der Waals surface area contributed by atoms with Crippen molar-refractivity contribution in [3.63, 3.8) is 0 Å². The molecular formula is C17H16F4O2. The highest BCUT2D eigenvalue weighted by molar-refractivity contribution is 5.80. The van der Waals surface area contributed by atoms with E-state index in [2.05, 4.69) is 0 Å². The summed E-state index contributed by atoms with van der Waals surface area (Å²) in [4.78, 5) is 12.6. The monoisotopic (exact) mass is 328 g/mol. The number of benzene rings is 1. The van der Waals surface area contributed by atoms with E-state index in [-0.39, 0.29) is 6.07 Å². The first kappa shape index (κ1) is 15.0. The van der Waals surface area contributed by atoms with Crippen LogP contribution in [0.2, 0.25) is 0 Å². The van der Waals surface area contributed by atoms with Gasteiger partial charge in [-0.05, 0) is 56.3 Å². The number of hydrogen-bond acceptors (Lipinski definition) is 2. The number of carbonyl (C=O) groups excluding carboxylic acids is 1. The third kappa shape index (κ3) is 2.25. The number of ether oxygens (including phenoxy) is 1. The molecule has 4 aliphatic carbocycles. The maximum atomic E-state index is 13.7. The first-order valence-corrected chi connectivity index (χ1v) is 7.93. The number of rotatable bonds is 2. The molecule has 0 saturated heterocycles. The molecule has 0 radical (unpaired) electrons. The quantitative estimate of drug-likeness (QED) is 0.349. The largest absolute Gasteiger partial charge is 0.420 e. The van der Waals surface area contributed by atoms with Crippen LogP contribution in [0.4, 0.5) is 17.6 Å². The molecule has 4 aliphatic rings. The Morgan fingerprint density at radius 2 is 1.35 bits per heavy atom. The molecule has 1 aromatic rings. The molecule has 0 amide bonds. The first-order valence-electron chi connectivity index (χ1n) is 7.93. The lowest BCUT2D eigenvalue weighted by Gasteiger charge is -2.55. The van der Waals surface area contributed by atoms with Crippen molar-refractivity contribution < 1.29 is 27.1 Å². The Balaban J connectivity index is 1.64. The van der Waals surface area contributed by atoms with Gasteiger partial charge in [0, 0.05) is 6.07 Å². The second-order valence-electron chi connectivity index (χ2n) is 7.38. The zero-order valence-electron chi connectivity index (χ0n) is 12.4. The molecule has 0 aliphatic heterocycles. The summed E-state index contributed by atoms with van der Waals surface area (Å²) < 4.78 is 58.8. The second-order valence-corrected chi connectivity index (χ2v) is 7.38. The zero-order valence-corrected chi connectivity index (χ0v) is 12.4. The lowest BCUT2D eigenvalue weighted by molar-refractivity contribution is -0.162. The highest BCUT2D eigenvalue weighted by atomic mass is 19.2. The minimum absolute atomic E-state index is 0.104. The Kier molecular flexibility index (Phi) is 3.22. The van der Waals surface area contributed by atoms with Crippen molar-refractivity contribution in [2.45, 2.75) is 38.5 Å². The van der Waals surface area contributed by atoms with Crippen LogP contribution >= 0.6 is 0 Å². The standard InChI is InChI=1S/C17H16F4O2/c18-11-4-12(19)14(21)15(13(11)20)23-16(22)17-5-8-1-9(6-17)3-10(2-8)7-17/h4,8-10H,1-3,5-7H2. The average Bonchev–Trinajstić information content (AvgIpc) is 2.48. The fourth-order valence-electron chi connectivity index (χ4n) is 5.20. The van der Waals surface area contributed by atoms with Gasteiger partial charge in [-0.1, -0.05) is 0 Å². The van der Waals surface area contributed by atoms with Crippen LogP contribution in [0.15, 0.2) is 6.07 Å². The van der Waals surface area contributed by atoms with Gasteiger partial charge in [0.1, 0.15) is 0 Å². The molecule has 0 spiro atoms. The highest BCUT2D eigenvalue weighted by Crippen LogP contribution is 2.60. The van der Waals surface area contributed by atoms with Gasteiger partial charge < -0.3 is 4.74 Å². The molecule has 0 aromatic heterocycles. The summed E-state index contributed by atoms with van der Waals surface area (Å²) in [5.74, 6) is -7.17. The van der Waals surface area contributed by atoms with Crippen molar-refractivity contribution >= 4 is 5.97 Å². The summed E-state index contributed by atoms with van der Waals surface area (Å²) in [7, 11) is 0. The molecule has 0 heterocycles. The van der Waals surface area contributed by atoms with Crippen molar-refractivity contribution in [3.05, 3.63) is 29.3 Å². The van der Waals surface area contributed by atoms with Crippen LogP contribution in [0, 0.1) is 46.4 Å². The van der Waals surface area contributed by atoms with Gasteiger partial charge in [0.15, 0.2) is 11.6 Å². The molecule has 23 heavy (non-hydrogen) atoms. The van der Waals surface area contributed by atoms with Gasteiger partial charge in [0.25, 0.3) is 0 Å². The molecule has 0 N–H and O–H groups in total. The van der Waals surface area contributed by atoms with Crippen molar-refractivity contribution in [2.24, 2.45) is 23.2 Å². The van der Waals surface area contributed by atoms with Crippen LogP contribution in [-0.4, -0.2) is 5.97 Å². The van der Waals surface area contributed by atoms with Crippen LogP contribution < -0.4 is 4.74 Å². The van der Waals surface area contributed by atoms with E-state index >= 15 is 0 Å². The normalized spacial score (nSPS) is 34.7. The third-order valence-electron chi connectivity index (χ3n) is 5.74. The molecule has 1 aromatic carbocycles. The van der Waals surface area contributed by atoms with Gasteiger partial charge in [0.05, 0.1) is 5.41 Å². The summed E-state index contributed by atoms with van der Waals surface area (Å²) >= 11 is 0. The predicted molar refractivity (Wildman–Crippen MR) is 72.5 cm³/mol. The van der Waals surface area contributed by atoms with E-state index in [1.807, 2.05) is 0 Å². The molecule has 124 valence electrons. The van der Waals surface area contributed by atoms with Gasteiger partial charge >= 0.3 is 5.97 Å². The molecule has 0 unspecified atom stereocenters. The van der Waals surface area contributed by atoms with Crippen LogP contribution in [0.25, 0.3) is 0 Å².